The van der Waals surface area contributed by atoms with E-state index in [1.54, 1.807) is 6.07 Å². The number of hydrogen-bond acceptors (Lipinski definition) is 5. The Kier molecular flexibility index (Phi) is 4.84. The normalized spacial score (nSPS) is 17.4. The highest BCUT2D eigenvalue weighted by Gasteiger charge is 2.34. The van der Waals surface area contributed by atoms with Gasteiger partial charge in [-0.05, 0) is 22.4 Å². The maximum absolute atomic E-state index is 12.7. The van der Waals surface area contributed by atoms with Crippen molar-refractivity contribution in [3.8, 4) is 11.1 Å². The van der Waals surface area contributed by atoms with Crippen LogP contribution in [0.4, 0.5) is 0 Å². The van der Waals surface area contributed by atoms with Crippen LogP contribution >= 0.6 is 0 Å². The molecule has 0 radical (unpaired) electrons. The van der Waals surface area contributed by atoms with Crippen molar-refractivity contribution in [2.45, 2.75) is 6.04 Å². The quantitative estimate of drug-likeness (QED) is 0.444. The maximum atomic E-state index is 12.7. The summed E-state index contributed by atoms with van der Waals surface area (Å²) in [5.41, 5.74) is 2.76. The van der Waals surface area contributed by atoms with E-state index in [1.165, 1.54) is 0 Å². The van der Waals surface area contributed by atoms with Crippen molar-refractivity contribution in [1.29, 1.82) is 0 Å². The van der Waals surface area contributed by atoms with E-state index >= 15 is 0 Å². The molecule has 1 fully saturated rings. The van der Waals surface area contributed by atoms with Gasteiger partial charge in [-0.15, -0.1) is 0 Å². The Morgan fingerprint density at radius 3 is 2.41 bits per heavy atom. The zero-order valence-electron chi connectivity index (χ0n) is 16.7. The van der Waals surface area contributed by atoms with Crippen LogP contribution in [-0.4, -0.2) is 37.8 Å². The van der Waals surface area contributed by atoms with E-state index in [1.807, 2.05) is 71.5 Å². The standard InChI is InChI=1S/C23H18N4O4S/c28-22(24-13-20-23(29)27-32(30,31)26-20)19-12-11-15-7-4-10-18(21(15)25-19)17-9-3-6-14-5-1-2-8-16(14)17/h1-12,20,26H,13H2,(H,24,28)(H,27,29). The van der Waals surface area contributed by atoms with Crippen molar-refractivity contribution in [2.75, 3.05) is 6.54 Å². The van der Waals surface area contributed by atoms with E-state index < -0.39 is 28.1 Å². The Labute approximate surface area is 183 Å². The van der Waals surface area contributed by atoms with Gasteiger partial charge in [-0.25, -0.2) is 9.71 Å². The highest BCUT2D eigenvalue weighted by Crippen LogP contribution is 2.33. The number of nitrogens with one attached hydrogen (secondary N) is 3. The first kappa shape index (κ1) is 20.1. The molecule has 0 spiro atoms. The second-order valence-electron chi connectivity index (χ2n) is 7.45. The summed E-state index contributed by atoms with van der Waals surface area (Å²) in [6.07, 6.45) is 0. The monoisotopic (exact) mass is 446 g/mol. The van der Waals surface area contributed by atoms with Crippen molar-refractivity contribution < 1.29 is 18.0 Å². The summed E-state index contributed by atoms with van der Waals surface area (Å²) >= 11 is 0. The molecule has 0 bridgehead atoms. The zero-order valence-corrected chi connectivity index (χ0v) is 17.5. The van der Waals surface area contributed by atoms with Crippen LogP contribution in [0.25, 0.3) is 32.8 Å². The van der Waals surface area contributed by atoms with Gasteiger partial charge in [-0.3, -0.25) is 9.59 Å². The van der Waals surface area contributed by atoms with Gasteiger partial charge in [-0.1, -0.05) is 66.7 Å². The van der Waals surface area contributed by atoms with E-state index in [9.17, 15) is 18.0 Å². The molecule has 1 aromatic heterocycles. The van der Waals surface area contributed by atoms with E-state index in [-0.39, 0.29) is 12.2 Å². The highest BCUT2D eigenvalue weighted by molar-refractivity contribution is 7.88. The van der Waals surface area contributed by atoms with Gasteiger partial charge in [0.15, 0.2) is 0 Å². The van der Waals surface area contributed by atoms with Crippen LogP contribution in [0.5, 0.6) is 0 Å². The molecule has 2 amide bonds. The summed E-state index contributed by atoms with van der Waals surface area (Å²) in [4.78, 5) is 29.0. The van der Waals surface area contributed by atoms with Crippen LogP contribution in [0.15, 0.2) is 72.8 Å². The molecule has 1 aliphatic rings. The highest BCUT2D eigenvalue weighted by atomic mass is 32.2. The SMILES string of the molecule is O=C(NCC1NS(=O)(=O)NC1=O)c1ccc2cccc(-c3cccc4ccccc34)c2n1. The largest absolute Gasteiger partial charge is 0.349 e. The van der Waals surface area contributed by atoms with Crippen LogP contribution in [0.2, 0.25) is 0 Å². The molecule has 0 saturated carbocycles. The average molecular weight is 446 g/mol. The number of rotatable bonds is 4. The molecule has 0 aliphatic carbocycles. The molecule has 2 heterocycles. The molecular formula is C23H18N4O4S. The second-order valence-corrected chi connectivity index (χ2v) is 8.90. The molecule has 3 aromatic carbocycles. The van der Waals surface area contributed by atoms with Gasteiger partial charge in [0.1, 0.15) is 11.7 Å². The third-order valence-electron chi connectivity index (χ3n) is 5.35. The lowest BCUT2D eigenvalue weighted by Gasteiger charge is -2.12. The molecule has 5 rings (SSSR count). The first-order valence-electron chi connectivity index (χ1n) is 9.91. The molecule has 1 atom stereocenters. The number of para-hydroxylation sites is 1. The van der Waals surface area contributed by atoms with Gasteiger partial charge in [0.25, 0.3) is 11.8 Å². The fourth-order valence-electron chi connectivity index (χ4n) is 3.84. The summed E-state index contributed by atoms with van der Waals surface area (Å²) < 4.78 is 26.8. The van der Waals surface area contributed by atoms with Gasteiger partial charge in [0, 0.05) is 17.5 Å². The molecule has 3 N–H and O–H groups in total. The molecule has 1 unspecified atom stereocenters. The molecule has 9 heteroatoms. The van der Waals surface area contributed by atoms with Gasteiger partial charge >= 0.3 is 10.2 Å². The van der Waals surface area contributed by atoms with Crippen molar-refractivity contribution in [3.05, 3.63) is 78.5 Å². The maximum Gasteiger partial charge on any atom is 0.302 e. The lowest BCUT2D eigenvalue weighted by molar-refractivity contribution is -0.119. The molecule has 32 heavy (non-hydrogen) atoms. The fraction of sp³-hybridized carbons (Fsp3) is 0.0870. The van der Waals surface area contributed by atoms with Gasteiger partial charge < -0.3 is 5.32 Å². The van der Waals surface area contributed by atoms with Crippen LogP contribution in [0.3, 0.4) is 0 Å². The van der Waals surface area contributed by atoms with Crippen molar-refractivity contribution in [2.24, 2.45) is 0 Å². The lowest BCUT2D eigenvalue weighted by atomic mass is 9.96. The van der Waals surface area contributed by atoms with Gasteiger partial charge in [-0.2, -0.15) is 13.1 Å². The number of amides is 2. The van der Waals surface area contributed by atoms with Crippen molar-refractivity contribution >= 4 is 43.7 Å². The second kappa shape index (κ2) is 7.70. The number of fused-ring (bicyclic) bond motifs is 2. The van der Waals surface area contributed by atoms with Crippen LogP contribution in [0.1, 0.15) is 10.5 Å². The summed E-state index contributed by atoms with van der Waals surface area (Å²) in [7, 11) is -3.86. The van der Waals surface area contributed by atoms with E-state index in [2.05, 4.69) is 15.0 Å². The Morgan fingerprint density at radius 1 is 0.906 bits per heavy atom. The first-order chi connectivity index (χ1) is 15.4. The minimum atomic E-state index is -3.86. The molecular weight excluding hydrogens is 428 g/mol. The van der Waals surface area contributed by atoms with Crippen molar-refractivity contribution in [1.82, 2.24) is 19.7 Å². The third kappa shape index (κ3) is 3.68. The number of hydrogen-bond donors (Lipinski definition) is 3. The minimum absolute atomic E-state index is 0.173. The van der Waals surface area contributed by atoms with E-state index in [0.717, 1.165) is 27.3 Å². The summed E-state index contributed by atoms with van der Waals surface area (Å²) in [6.45, 7) is -0.186. The summed E-state index contributed by atoms with van der Waals surface area (Å²) in [5.74, 6) is -1.21. The fourth-order valence-corrected chi connectivity index (χ4v) is 4.88. The average Bonchev–Trinajstić information content (AvgIpc) is 3.07. The van der Waals surface area contributed by atoms with Gasteiger partial charge in [0.05, 0.1) is 5.52 Å². The Hall–Kier alpha value is -3.82. The first-order valence-corrected chi connectivity index (χ1v) is 11.4. The molecule has 1 saturated heterocycles. The number of carbonyl (C=O) groups is 2. The number of nitrogens with zero attached hydrogens (tertiary/aromatic N) is 1. The molecule has 1 aliphatic heterocycles. The zero-order chi connectivity index (χ0) is 22.3. The smallest absolute Gasteiger partial charge is 0.302 e. The van der Waals surface area contributed by atoms with Crippen LogP contribution in [0, 0.1) is 0 Å². The summed E-state index contributed by atoms with van der Waals surface area (Å²) in [6, 6.07) is 22.3. The number of pyridine rings is 1. The minimum Gasteiger partial charge on any atom is -0.349 e. The molecule has 160 valence electrons. The van der Waals surface area contributed by atoms with Gasteiger partial charge in [0.2, 0.25) is 0 Å². The number of benzene rings is 3. The topological polar surface area (TPSA) is 117 Å². The lowest BCUT2D eigenvalue weighted by Crippen LogP contribution is -2.41. The Morgan fingerprint density at radius 2 is 1.62 bits per heavy atom. The van der Waals surface area contributed by atoms with Crippen molar-refractivity contribution in [3.63, 3.8) is 0 Å². The Bertz CT molecular complexity index is 1500. The number of carbonyl (C=O) groups excluding carboxylic acids is 2. The summed E-state index contributed by atoms with van der Waals surface area (Å²) in [5, 5.41) is 5.64. The van der Waals surface area contributed by atoms with Crippen LogP contribution in [-0.2, 0) is 15.0 Å². The van der Waals surface area contributed by atoms with E-state index in [0.29, 0.717) is 5.52 Å². The van der Waals surface area contributed by atoms with E-state index in [4.69, 9.17) is 0 Å². The predicted octanol–water partition coefficient (Wildman–Crippen LogP) is 2.12. The Balaban J connectivity index is 1.49. The van der Waals surface area contributed by atoms with Crippen LogP contribution < -0.4 is 14.8 Å². The number of aromatic nitrogens is 1. The predicted molar refractivity (Wildman–Crippen MR) is 121 cm³/mol. The molecule has 8 nitrogen and oxygen atoms in total. The molecule has 4 aromatic rings. The third-order valence-corrected chi connectivity index (χ3v) is 6.41.